The number of nitrogens with zero attached hydrogens (tertiary/aromatic N) is 1. The first-order valence-electron chi connectivity index (χ1n) is 6.15. The Kier molecular flexibility index (Phi) is 6.51. The number of hydrogen-bond donors (Lipinski definition) is 0. The van der Waals surface area contributed by atoms with E-state index in [4.69, 9.17) is 9.47 Å². The van der Waals surface area contributed by atoms with Crippen molar-refractivity contribution >= 4 is 28.1 Å². The zero-order chi connectivity index (χ0) is 15.1. The summed E-state index contributed by atoms with van der Waals surface area (Å²) in [4.78, 5) is 23.8. The van der Waals surface area contributed by atoms with E-state index in [0.717, 1.165) is 6.29 Å². The highest BCUT2D eigenvalue weighted by atomic mass is 79.9. The van der Waals surface area contributed by atoms with Crippen LogP contribution in [0.2, 0.25) is 0 Å². The van der Waals surface area contributed by atoms with Crippen molar-refractivity contribution in [3.63, 3.8) is 0 Å². The molecule has 0 spiro atoms. The fourth-order valence-corrected chi connectivity index (χ4v) is 2.14. The van der Waals surface area contributed by atoms with Gasteiger partial charge in [-0.2, -0.15) is 0 Å². The van der Waals surface area contributed by atoms with Gasteiger partial charge >= 0.3 is 0 Å². The Morgan fingerprint density at radius 1 is 1.40 bits per heavy atom. The van der Waals surface area contributed by atoms with Crippen LogP contribution in [0.4, 0.5) is 0 Å². The van der Waals surface area contributed by atoms with Gasteiger partial charge < -0.3 is 14.4 Å². The van der Waals surface area contributed by atoms with E-state index < -0.39 is 0 Å². The molecule has 0 saturated heterocycles. The minimum atomic E-state index is 0.0657. The van der Waals surface area contributed by atoms with Gasteiger partial charge in [-0.1, -0.05) is 0 Å². The van der Waals surface area contributed by atoms with Crippen LogP contribution in [-0.4, -0.2) is 44.9 Å². The van der Waals surface area contributed by atoms with Crippen LogP contribution in [0.1, 0.15) is 23.2 Å². The summed E-state index contributed by atoms with van der Waals surface area (Å²) in [5.41, 5.74) is 0.504. The first kappa shape index (κ1) is 16.5. The molecule has 1 aromatic carbocycles. The first-order chi connectivity index (χ1) is 9.49. The maximum absolute atomic E-state index is 11.4. The van der Waals surface area contributed by atoms with Crippen molar-refractivity contribution in [2.45, 2.75) is 12.8 Å². The van der Waals surface area contributed by atoms with Crippen LogP contribution in [0.3, 0.4) is 0 Å². The highest BCUT2D eigenvalue weighted by Crippen LogP contribution is 2.36. The third kappa shape index (κ3) is 4.52. The molecule has 0 radical (unpaired) electrons. The molecule has 0 aliphatic heterocycles. The van der Waals surface area contributed by atoms with Crippen LogP contribution in [0.25, 0.3) is 0 Å². The summed E-state index contributed by atoms with van der Waals surface area (Å²) in [6.07, 6.45) is 1.79. The summed E-state index contributed by atoms with van der Waals surface area (Å²) < 4.78 is 11.5. The summed E-state index contributed by atoms with van der Waals surface area (Å²) in [6, 6.07) is 3.27. The fraction of sp³-hybridized carbons (Fsp3) is 0.429. The lowest BCUT2D eigenvalue weighted by molar-refractivity contribution is -0.128. The van der Waals surface area contributed by atoms with E-state index in [1.807, 2.05) is 0 Å². The number of carbonyl (C=O) groups excluding carboxylic acids is 2. The van der Waals surface area contributed by atoms with Gasteiger partial charge in [-0.05, 0) is 34.5 Å². The van der Waals surface area contributed by atoms with E-state index in [-0.39, 0.29) is 5.91 Å². The van der Waals surface area contributed by atoms with E-state index >= 15 is 0 Å². The summed E-state index contributed by atoms with van der Waals surface area (Å²) in [7, 11) is 4.96. The van der Waals surface area contributed by atoms with Gasteiger partial charge in [-0.25, -0.2) is 0 Å². The molecule has 0 aromatic heterocycles. The molecular weight excluding hydrogens is 326 g/mol. The van der Waals surface area contributed by atoms with Crippen molar-refractivity contribution in [3.8, 4) is 11.5 Å². The molecular formula is C14H18BrNO4. The minimum absolute atomic E-state index is 0.0657. The molecule has 1 amide bonds. The second-order valence-electron chi connectivity index (χ2n) is 4.39. The van der Waals surface area contributed by atoms with E-state index in [2.05, 4.69) is 15.9 Å². The Hall–Kier alpha value is -1.56. The third-order valence-electron chi connectivity index (χ3n) is 2.67. The highest BCUT2D eigenvalue weighted by Gasteiger charge is 2.12. The maximum atomic E-state index is 11.4. The molecule has 0 aliphatic carbocycles. The first-order valence-corrected chi connectivity index (χ1v) is 6.94. The van der Waals surface area contributed by atoms with Gasteiger partial charge in [-0.3, -0.25) is 9.59 Å². The predicted octanol–water partition coefficient (Wildman–Crippen LogP) is 2.52. The summed E-state index contributed by atoms with van der Waals surface area (Å²) in [5, 5.41) is 0. The standard InChI is InChI=1S/C14H18BrNO4/c1-16(2)13(18)5-4-6-20-14-11(15)7-10(9-17)8-12(14)19-3/h7-9H,4-6H2,1-3H3. The van der Waals surface area contributed by atoms with Crippen molar-refractivity contribution in [1.29, 1.82) is 0 Å². The topological polar surface area (TPSA) is 55.8 Å². The van der Waals surface area contributed by atoms with Gasteiger partial charge in [0.1, 0.15) is 6.29 Å². The Balaban J connectivity index is 2.64. The molecule has 6 heteroatoms. The smallest absolute Gasteiger partial charge is 0.222 e. The Morgan fingerprint density at radius 2 is 2.10 bits per heavy atom. The molecule has 1 rings (SSSR count). The molecule has 0 heterocycles. The molecule has 0 unspecified atom stereocenters. The van der Waals surface area contributed by atoms with Gasteiger partial charge in [-0.15, -0.1) is 0 Å². The molecule has 5 nitrogen and oxygen atoms in total. The summed E-state index contributed by atoms with van der Waals surface area (Å²) in [5.74, 6) is 1.09. The molecule has 20 heavy (non-hydrogen) atoms. The lowest BCUT2D eigenvalue weighted by Gasteiger charge is -2.14. The van der Waals surface area contributed by atoms with Gasteiger partial charge in [0.15, 0.2) is 11.5 Å². The lowest BCUT2D eigenvalue weighted by Crippen LogP contribution is -2.21. The van der Waals surface area contributed by atoms with Crippen molar-refractivity contribution in [3.05, 3.63) is 22.2 Å². The molecule has 0 N–H and O–H groups in total. The number of hydrogen-bond acceptors (Lipinski definition) is 4. The number of ether oxygens (including phenoxy) is 2. The van der Waals surface area contributed by atoms with E-state index in [1.165, 1.54) is 7.11 Å². The zero-order valence-corrected chi connectivity index (χ0v) is 13.4. The third-order valence-corrected chi connectivity index (χ3v) is 3.26. The van der Waals surface area contributed by atoms with Crippen LogP contribution >= 0.6 is 15.9 Å². The van der Waals surface area contributed by atoms with Crippen molar-refractivity contribution in [2.24, 2.45) is 0 Å². The molecule has 0 fully saturated rings. The van der Waals surface area contributed by atoms with Gasteiger partial charge in [0.2, 0.25) is 5.91 Å². The number of aldehydes is 1. The van der Waals surface area contributed by atoms with Gasteiger partial charge in [0.25, 0.3) is 0 Å². The normalized spacial score (nSPS) is 10.0. The lowest BCUT2D eigenvalue weighted by atomic mass is 10.2. The van der Waals surface area contributed by atoms with E-state index in [9.17, 15) is 9.59 Å². The second-order valence-corrected chi connectivity index (χ2v) is 5.25. The van der Waals surface area contributed by atoms with Crippen LogP contribution in [0.15, 0.2) is 16.6 Å². The molecule has 0 bridgehead atoms. The molecule has 1 aromatic rings. The van der Waals surface area contributed by atoms with Crippen LogP contribution in [-0.2, 0) is 4.79 Å². The monoisotopic (exact) mass is 343 g/mol. The molecule has 0 saturated carbocycles. The van der Waals surface area contributed by atoms with E-state index in [1.54, 1.807) is 31.1 Å². The second kappa shape index (κ2) is 7.89. The quantitative estimate of drug-likeness (QED) is 0.563. The van der Waals surface area contributed by atoms with Crippen LogP contribution in [0.5, 0.6) is 11.5 Å². The number of amides is 1. The number of benzene rings is 1. The van der Waals surface area contributed by atoms with Crippen LogP contribution in [0, 0.1) is 0 Å². The largest absolute Gasteiger partial charge is 0.493 e. The number of carbonyl (C=O) groups is 2. The predicted molar refractivity (Wildman–Crippen MR) is 79.5 cm³/mol. The maximum Gasteiger partial charge on any atom is 0.222 e. The zero-order valence-electron chi connectivity index (χ0n) is 11.8. The Labute approximate surface area is 127 Å². The molecule has 110 valence electrons. The summed E-state index contributed by atoms with van der Waals surface area (Å²) >= 11 is 3.34. The average Bonchev–Trinajstić information content (AvgIpc) is 2.43. The van der Waals surface area contributed by atoms with Crippen molar-refractivity contribution in [2.75, 3.05) is 27.8 Å². The van der Waals surface area contributed by atoms with Crippen molar-refractivity contribution in [1.82, 2.24) is 4.90 Å². The Morgan fingerprint density at radius 3 is 2.65 bits per heavy atom. The number of methoxy groups -OCH3 is 1. The average molecular weight is 344 g/mol. The van der Waals surface area contributed by atoms with Crippen molar-refractivity contribution < 1.29 is 19.1 Å². The van der Waals surface area contributed by atoms with Crippen LogP contribution < -0.4 is 9.47 Å². The molecule has 0 atom stereocenters. The SMILES string of the molecule is COc1cc(C=O)cc(Br)c1OCCCC(=O)N(C)C. The number of rotatable bonds is 7. The van der Waals surface area contributed by atoms with Gasteiger partial charge in [0.05, 0.1) is 18.2 Å². The molecule has 0 aliphatic rings. The van der Waals surface area contributed by atoms with E-state index in [0.29, 0.717) is 41.0 Å². The Bertz CT molecular complexity index is 488. The minimum Gasteiger partial charge on any atom is -0.493 e. The highest BCUT2D eigenvalue weighted by molar-refractivity contribution is 9.10. The van der Waals surface area contributed by atoms with Gasteiger partial charge in [0, 0.05) is 26.1 Å². The fourth-order valence-electron chi connectivity index (χ4n) is 1.57. The summed E-state index contributed by atoms with van der Waals surface area (Å²) in [6.45, 7) is 0.398. The number of halogens is 1.